The third kappa shape index (κ3) is 2.76. The fourth-order valence-electron chi connectivity index (χ4n) is 2.25. The number of hydrogen-bond donors (Lipinski definition) is 1. The van der Waals surface area contributed by atoms with Gasteiger partial charge in [-0.2, -0.15) is 0 Å². The van der Waals surface area contributed by atoms with Crippen molar-refractivity contribution in [3.05, 3.63) is 54.4 Å². The van der Waals surface area contributed by atoms with Gasteiger partial charge in [-0.25, -0.2) is 9.98 Å². The van der Waals surface area contributed by atoms with E-state index in [4.69, 9.17) is 17.3 Å². The van der Waals surface area contributed by atoms with Gasteiger partial charge in [-0.1, -0.05) is 12.1 Å². The van der Waals surface area contributed by atoms with Gasteiger partial charge in [0, 0.05) is 5.69 Å². The fourth-order valence-corrected chi connectivity index (χ4v) is 2.31. The fraction of sp³-hybridized carbons (Fsp3) is 0.125. The minimum Gasteiger partial charge on any atom is -0.386 e. The number of imidazole rings is 1. The van der Waals surface area contributed by atoms with Gasteiger partial charge in [0.1, 0.15) is 12.2 Å². The summed E-state index contributed by atoms with van der Waals surface area (Å²) in [4.78, 5) is 8.68. The highest BCUT2D eigenvalue weighted by Gasteiger charge is 2.05. The molecule has 2 N–H and O–H groups in total. The molecule has 0 radical (unpaired) electrons. The lowest BCUT2D eigenvalue weighted by Crippen LogP contribution is -2.12. The second-order valence-corrected chi connectivity index (χ2v) is 5.13. The van der Waals surface area contributed by atoms with E-state index >= 15 is 0 Å². The summed E-state index contributed by atoms with van der Waals surface area (Å²) in [6.07, 6.45) is 1.82. The lowest BCUT2D eigenvalue weighted by molar-refractivity contribution is 1.09. The number of nitrogens with two attached hydrogens (primary N) is 1. The quantitative estimate of drug-likeness (QED) is 0.456. The van der Waals surface area contributed by atoms with Crippen LogP contribution in [0.3, 0.4) is 0 Å². The highest BCUT2D eigenvalue weighted by atomic mass is 35.5. The molecule has 0 unspecified atom stereocenters. The van der Waals surface area contributed by atoms with Gasteiger partial charge >= 0.3 is 0 Å². The van der Waals surface area contributed by atoms with Crippen LogP contribution in [0.1, 0.15) is 5.56 Å². The van der Waals surface area contributed by atoms with Crippen LogP contribution in [0.5, 0.6) is 0 Å². The monoisotopic (exact) mass is 298 g/mol. The summed E-state index contributed by atoms with van der Waals surface area (Å²) in [7, 11) is 0. The van der Waals surface area contributed by atoms with Crippen LogP contribution in [-0.2, 0) is 0 Å². The molecule has 0 atom stereocenters. The zero-order valence-electron chi connectivity index (χ0n) is 11.6. The van der Waals surface area contributed by atoms with E-state index in [0.29, 0.717) is 5.84 Å². The first-order valence-electron chi connectivity index (χ1n) is 6.60. The molecular weight excluding hydrogens is 284 g/mol. The van der Waals surface area contributed by atoms with Gasteiger partial charge in [0.05, 0.1) is 22.6 Å². The number of aryl methyl sites for hydroxylation is 1. The summed E-state index contributed by atoms with van der Waals surface area (Å²) in [5, 5.41) is 0. The van der Waals surface area contributed by atoms with Crippen LogP contribution in [0.4, 0.5) is 5.69 Å². The lowest BCUT2D eigenvalue weighted by atomic mass is 10.2. The van der Waals surface area contributed by atoms with E-state index in [1.54, 1.807) is 0 Å². The van der Waals surface area contributed by atoms with Crippen LogP contribution < -0.4 is 5.73 Å². The van der Waals surface area contributed by atoms with Crippen molar-refractivity contribution >= 4 is 34.2 Å². The van der Waals surface area contributed by atoms with Crippen LogP contribution >= 0.6 is 11.6 Å². The number of benzene rings is 2. The second kappa shape index (κ2) is 5.58. The van der Waals surface area contributed by atoms with Crippen molar-refractivity contribution in [1.29, 1.82) is 0 Å². The van der Waals surface area contributed by atoms with E-state index in [9.17, 15) is 0 Å². The number of rotatable bonds is 3. The van der Waals surface area contributed by atoms with E-state index in [1.165, 1.54) is 5.56 Å². The number of alkyl halides is 1. The smallest absolute Gasteiger partial charge is 0.115 e. The Kier molecular flexibility index (Phi) is 3.62. The Balaban J connectivity index is 2.08. The molecule has 106 valence electrons. The first-order valence-corrected chi connectivity index (χ1v) is 7.14. The molecule has 0 spiro atoms. The van der Waals surface area contributed by atoms with Gasteiger partial charge in [0.2, 0.25) is 0 Å². The Labute approximate surface area is 127 Å². The number of amidine groups is 1. The van der Waals surface area contributed by atoms with Crippen LogP contribution in [0, 0.1) is 6.92 Å². The molecule has 0 bridgehead atoms. The number of aliphatic imine (C=N–C) groups is 1. The molecule has 0 fully saturated rings. The molecule has 0 amide bonds. The van der Waals surface area contributed by atoms with Crippen molar-refractivity contribution in [1.82, 2.24) is 9.55 Å². The van der Waals surface area contributed by atoms with E-state index in [0.717, 1.165) is 22.4 Å². The highest BCUT2D eigenvalue weighted by molar-refractivity contribution is 6.28. The van der Waals surface area contributed by atoms with Crippen LogP contribution in [0.15, 0.2) is 53.8 Å². The first kappa shape index (κ1) is 13.6. The number of halogens is 1. The summed E-state index contributed by atoms with van der Waals surface area (Å²) < 4.78 is 2.06. The molecule has 3 aromatic rings. The third-order valence-electron chi connectivity index (χ3n) is 3.22. The van der Waals surface area contributed by atoms with Crippen molar-refractivity contribution in [2.45, 2.75) is 6.92 Å². The maximum Gasteiger partial charge on any atom is 0.115 e. The Morgan fingerprint density at radius 2 is 2.14 bits per heavy atom. The van der Waals surface area contributed by atoms with Gasteiger partial charge in [0.25, 0.3) is 0 Å². The molecule has 3 rings (SSSR count). The van der Waals surface area contributed by atoms with E-state index in [1.807, 2.05) is 30.6 Å². The summed E-state index contributed by atoms with van der Waals surface area (Å²) in [5.41, 5.74) is 10.6. The molecule has 0 saturated carbocycles. The van der Waals surface area contributed by atoms with Crippen LogP contribution in [0.25, 0.3) is 16.7 Å². The maximum atomic E-state index is 5.65. The molecule has 0 saturated heterocycles. The number of hydrogen-bond acceptors (Lipinski definition) is 2. The number of fused-ring (bicyclic) bond motifs is 1. The normalized spacial score (nSPS) is 12.0. The number of nitrogens with zero attached hydrogens (tertiary/aromatic N) is 3. The van der Waals surface area contributed by atoms with E-state index in [2.05, 4.69) is 39.7 Å². The lowest BCUT2D eigenvalue weighted by Gasteiger charge is -2.05. The van der Waals surface area contributed by atoms with Gasteiger partial charge < -0.3 is 5.73 Å². The summed E-state index contributed by atoms with van der Waals surface area (Å²) in [6.45, 7) is 2.07. The molecule has 2 aromatic carbocycles. The predicted octanol–water partition coefficient (Wildman–Crippen LogP) is 3.56. The average Bonchev–Trinajstić information content (AvgIpc) is 2.90. The summed E-state index contributed by atoms with van der Waals surface area (Å²) in [5.74, 6) is 0.615. The topological polar surface area (TPSA) is 56.2 Å². The largest absolute Gasteiger partial charge is 0.386 e. The van der Waals surface area contributed by atoms with Crippen molar-refractivity contribution in [3.8, 4) is 5.69 Å². The molecule has 21 heavy (non-hydrogen) atoms. The van der Waals surface area contributed by atoms with Crippen molar-refractivity contribution in [2.75, 3.05) is 5.88 Å². The Morgan fingerprint density at radius 1 is 1.29 bits per heavy atom. The van der Waals surface area contributed by atoms with E-state index in [-0.39, 0.29) is 5.88 Å². The predicted molar refractivity (Wildman–Crippen MR) is 87.8 cm³/mol. The minimum atomic E-state index is 0.218. The van der Waals surface area contributed by atoms with Gasteiger partial charge in [-0.05, 0) is 42.8 Å². The standard InChI is InChI=1S/C16H15ClN4/c1-11-3-2-4-13(7-11)21-10-19-14-8-12(5-6-15(14)21)20-16(18)9-17/h2-8,10H,9H2,1H3,(H2,18,20). The molecule has 0 aliphatic rings. The average molecular weight is 299 g/mol. The Hall–Kier alpha value is -2.33. The molecule has 0 aliphatic carbocycles. The molecule has 5 heteroatoms. The van der Waals surface area contributed by atoms with Gasteiger partial charge in [0.15, 0.2) is 0 Å². The Morgan fingerprint density at radius 3 is 2.90 bits per heavy atom. The Bertz CT molecular complexity index is 820. The zero-order chi connectivity index (χ0) is 14.8. The van der Waals surface area contributed by atoms with Crippen molar-refractivity contribution in [2.24, 2.45) is 10.7 Å². The van der Waals surface area contributed by atoms with Gasteiger partial charge in [-0.15, -0.1) is 11.6 Å². The summed E-state index contributed by atoms with van der Waals surface area (Å²) in [6, 6.07) is 14.1. The third-order valence-corrected chi connectivity index (χ3v) is 3.49. The molecular formula is C16H15ClN4. The number of aromatic nitrogens is 2. The van der Waals surface area contributed by atoms with Crippen LogP contribution in [0.2, 0.25) is 0 Å². The maximum absolute atomic E-state index is 5.65. The van der Waals surface area contributed by atoms with Crippen molar-refractivity contribution < 1.29 is 0 Å². The van der Waals surface area contributed by atoms with E-state index < -0.39 is 0 Å². The highest BCUT2D eigenvalue weighted by Crippen LogP contribution is 2.23. The molecule has 0 aliphatic heterocycles. The van der Waals surface area contributed by atoms with Crippen LogP contribution in [-0.4, -0.2) is 21.3 Å². The molecule has 1 aromatic heterocycles. The summed E-state index contributed by atoms with van der Waals surface area (Å²) >= 11 is 5.64. The van der Waals surface area contributed by atoms with Gasteiger partial charge in [-0.3, -0.25) is 4.57 Å². The SMILES string of the molecule is Cc1cccc(-n2cnc3cc(N=C(N)CCl)ccc32)c1. The first-order chi connectivity index (χ1) is 10.2. The second-order valence-electron chi connectivity index (χ2n) is 4.86. The minimum absolute atomic E-state index is 0.218. The zero-order valence-corrected chi connectivity index (χ0v) is 12.4. The molecule has 4 nitrogen and oxygen atoms in total. The molecule has 1 heterocycles. The van der Waals surface area contributed by atoms with Crippen molar-refractivity contribution in [3.63, 3.8) is 0 Å².